The Morgan fingerprint density at radius 1 is 1.25 bits per heavy atom. The van der Waals surface area contributed by atoms with Crippen LogP contribution in [0.2, 0.25) is 0 Å². The first-order valence-corrected chi connectivity index (χ1v) is 7.82. The van der Waals surface area contributed by atoms with Crippen molar-refractivity contribution < 1.29 is 9.53 Å². The molecule has 1 amide bonds. The zero-order valence-electron chi connectivity index (χ0n) is 14.1. The minimum absolute atomic E-state index is 0.0716. The van der Waals surface area contributed by atoms with Gasteiger partial charge in [-0.3, -0.25) is 4.79 Å². The Bertz CT molecular complexity index is 326. The number of nitrogens with one attached hydrogen (secondary N) is 2. The summed E-state index contributed by atoms with van der Waals surface area (Å²) < 4.78 is 5.95. The summed E-state index contributed by atoms with van der Waals surface area (Å²) in [5.74, 6) is 0.635. The van der Waals surface area contributed by atoms with Crippen molar-refractivity contribution in [1.29, 1.82) is 0 Å². The molecule has 0 radical (unpaired) electrons. The largest absolute Gasteiger partial charge is 0.377 e. The summed E-state index contributed by atoms with van der Waals surface area (Å²) in [5.41, 5.74) is 0.0846. The van der Waals surface area contributed by atoms with Gasteiger partial charge >= 0.3 is 0 Å². The van der Waals surface area contributed by atoms with Crippen LogP contribution in [0.3, 0.4) is 0 Å². The van der Waals surface area contributed by atoms with Crippen molar-refractivity contribution in [2.45, 2.75) is 79.1 Å². The average Bonchev–Trinajstić information content (AvgIpc) is 2.31. The Morgan fingerprint density at radius 2 is 1.85 bits per heavy atom. The third kappa shape index (κ3) is 4.45. The van der Waals surface area contributed by atoms with Gasteiger partial charge in [-0.2, -0.15) is 0 Å². The molecule has 0 aromatic heterocycles. The third-order valence-electron chi connectivity index (χ3n) is 4.08. The van der Waals surface area contributed by atoms with E-state index >= 15 is 0 Å². The van der Waals surface area contributed by atoms with E-state index in [1.807, 2.05) is 20.8 Å². The van der Waals surface area contributed by atoms with E-state index in [0.717, 1.165) is 13.0 Å². The summed E-state index contributed by atoms with van der Waals surface area (Å²) in [5, 5.41) is 6.38. The quantitative estimate of drug-likeness (QED) is 0.754. The summed E-state index contributed by atoms with van der Waals surface area (Å²) in [6.07, 6.45) is 1.28. The molecule has 20 heavy (non-hydrogen) atoms. The van der Waals surface area contributed by atoms with Crippen LogP contribution in [0.25, 0.3) is 0 Å². The highest BCUT2D eigenvalue weighted by Gasteiger charge is 2.49. The first kappa shape index (κ1) is 17.4. The molecular formula is C16H32N2O2. The van der Waals surface area contributed by atoms with E-state index in [-0.39, 0.29) is 23.4 Å². The second kappa shape index (κ2) is 6.90. The minimum Gasteiger partial charge on any atom is -0.377 e. The van der Waals surface area contributed by atoms with Crippen molar-refractivity contribution in [1.82, 2.24) is 10.6 Å². The predicted octanol–water partition coefficient (Wildman–Crippen LogP) is 2.33. The molecule has 3 unspecified atom stereocenters. The van der Waals surface area contributed by atoms with E-state index in [0.29, 0.717) is 18.1 Å². The zero-order chi connectivity index (χ0) is 15.5. The Balaban J connectivity index is 2.41. The standard InChI is InChI=1S/C16H32N2O2/c1-10(2)9-20-14-8-13(16(14,6)7)18-12(5)15(19)17-11(3)4/h10-14,18H,8-9H2,1-7H3,(H,17,19). The van der Waals surface area contributed by atoms with Gasteiger partial charge in [0.25, 0.3) is 0 Å². The first-order chi connectivity index (χ1) is 9.14. The normalized spacial score (nSPS) is 26.4. The molecule has 1 saturated carbocycles. The number of carbonyl (C=O) groups excluding carboxylic acids is 1. The maximum Gasteiger partial charge on any atom is 0.237 e. The number of hydrogen-bond donors (Lipinski definition) is 2. The lowest BCUT2D eigenvalue weighted by molar-refractivity contribution is -0.134. The lowest BCUT2D eigenvalue weighted by Crippen LogP contribution is -2.64. The van der Waals surface area contributed by atoms with Crippen LogP contribution in [0, 0.1) is 11.3 Å². The number of carbonyl (C=O) groups is 1. The molecule has 1 fully saturated rings. The zero-order valence-corrected chi connectivity index (χ0v) is 14.1. The fourth-order valence-corrected chi connectivity index (χ4v) is 2.55. The Hall–Kier alpha value is -0.610. The van der Waals surface area contributed by atoms with E-state index in [1.165, 1.54) is 0 Å². The van der Waals surface area contributed by atoms with Crippen molar-refractivity contribution in [3.63, 3.8) is 0 Å². The molecule has 1 aliphatic carbocycles. The van der Waals surface area contributed by atoms with Crippen LogP contribution in [0.15, 0.2) is 0 Å². The van der Waals surface area contributed by atoms with E-state index < -0.39 is 0 Å². The van der Waals surface area contributed by atoms with Gasteiger partial charge in [0.2, 0.25) is 5.91 Å². The fraction of sp³-hybridized carbons (Fsp3) is 0.938. The molecule has 0 aliphatic heterocycles. The molecule has 0 aromatic rings. The fourth-order valence-electron chi connectivity index (χ4n) is 2.55. The van der Waals surface area contributed by atoms with Crippen LogP contribution in [0.1, 0.15) is 54.9 Å². The SMILES string of the molecule is CC(C)COC1CC(NC(C)C(=O)NC(C)C)C1(C)C. The molecule has 118 valence electrons. The van der Waals surface area contributed by atoms with Crippen LogP contribution >= 0.6 is 0 Å². The number of ether oxygens (including phenoxy) is 1. The number of rotatable bonds is 7. The van der Waals surface area contributed by atoms with Gasteiger partial charge in [-0.15, -0.1) is 0 Å². The van der Waals surface area contributed by atoms with Gasteiger partial charge in [-0.25, -0.2) is 0 Å². The van der Waals surface area contributed by atoms with Gasteiger partial charge in [-0.05, 0) is 33.1 Å². The average molecular weight is 284 g/mol. The molecule has 0 heterocycles. The summed E-state index contributed by atoms with van der Waals surface area (Å²) in [6.45, 7) is 15.5. The molecule has 0 bridgehead atoms. The van der Waals surface area contributed by atoms with Gasteiger partial charge in [0, 0.05) is 24.1 Å². The molecule has 4 heteroatoms. The number of amides is 1. The first-order valence-electron chi connectivity index (χ1n) is 7.82. The maximum absolute atomic E-state index is 11.9. The van der Waals surface area contributed by atoms with Crippen molar-refractivity contribution in [2.24, 2.45) is 11.3 Å². The maximum atomic E-state index is 11.9. The van der Waals surface area contributed by atoms with Crippen LogP contribution in [-0.4, -0.2) is 36.7 Å². The number of hydrogen-bond acceptors (Lipinski definition) is 3. The smallest absolute Gasteiger partial charge is 0.237 e. The van der Waals surface area contributed by atoms with Crippen molar-refractivity contribution in [2.75, 3.05) is 6.61 Å². The highest BCUT2D eigenvalue weighted by Crippen LogP contribution is 2.43. The van der Waals surface area contributed by atoms with E-state index in [9.17, 15) is 4.79 Å². The summed E-state index contributed by atoms with van der Waals surface area (Å²) in [6, 6.07) is 0.364. The highest BCUT2D eigenvalue weighted by atomic mass is 16.5. The molecule has 1 aliphatic rings. The van der Waals surface area contributed by atoms with Gasteiger partial charge in [-0.1, -0.05) is 27.7 Å². The third-order valence-corrected chi connectivity index (χ3v) is 4.08. The molecule has 3 atom stereocenters. The van der Waals surface area contributed by atoms with E-state index in [4.69, 9.17) is 4.74 Å². The summed E-state index contributed by atoms with van der Waals surface area (Å²) >= 11 is 0. The Kier molecular flexibility index (Phi) is 6.02. The van der Waals surface area contributed by atoms with E-state index in [1.54, 1.807) is 0 Å². The topological polar surface area (TPSA) is 50.4 Å². The van der Waals surface area contributed by atoms with Gasteiger partial charge in [0.15, 0.2) is 0 Å². The van der Waals surface area contributed by atoms with Crippen LogP contribution in [0.4, 0.5) is 0 Å². The highest BCUT2D eigenvalue weighted by molar-refractivity contribution is 5.81. The Morgan fingerprint density at radius 3 is 2.30 bits per heavy atom. The summed E-state index contributed by atoms with van der Waals surface area (Å²) in [4.78, 5) is 11.9. The van der Waals surface area contributed by atoms with Crippen molar-refractivity contribution >= 4 is 5.91 Å². The molecule has 1 rings (SSSR count). The molecule has 0 aromatic carbocycles. The van der Waals surface area contributed by atoms with Gasteiger partial charge < -0.3 is 15.4 Å². The van der Waals surface area contributed by atoms with Crippen molar-refractivity contribution in [3.05, 3.63) is 0 Å². The second-order valence-corrected chi connectivity index (χ2v) is 7.38. The molecule has 4 nitrogen and oxygen atoms in total. The van der Waals surface area contributed by atoms with Gasteiger partial charge in [0.05, 0.1) is 12.1 Å². The minimum atomic E-state index is -0.160. The summed E-state index contributed by atoms with van der Waals surface area (Å²) in [7, 11) is 0. The molecule has 2 N–H and O–H groups in total. The molecule has 0 spiro atoms. The monoisotopic (exact) mass is 284 g/mol. The second-order valence-electron chi connectivity index (χ2n) is 7.38. The van der Waals surface area contributed by atoms with Crippen LogP contribution < -0.4 is 10.6 Å². The van der Waals surface area contributed by atoms with Gasteiger partial charge in [0.1, 0.15) is 0 Å². The Labute approximate surface area is 124 Å². The van der Waals surface area contributed by atoms with Crippen LogP contribution in [-0.2, 0) is 9.53 Å². The van der Waals surface area contributed by atoms with Crippen molar-refractivity contribution in [3.8, 4) is 0 Å². The predicted molar refractivity (Wildman–Crippen MR) is 82.6 cm³/mol. The van der Waals surface area contributed by atoms with E-state index in [2.05, 4.69) is 38.3 Å². The van der Waals surface area contributed by atoms with Crippen LogP contribution in [0.5, 0.6) is 0 Å². The lowest BCUT2D eigenvalue weighted by Gasteiger charge is -2.52. The lowest BCUT2D eigenvalue weighted by atomic mass is 9.64. The molecule has 0 saturated heterocycles. The molecular weight excluding hydrogens is 252 g/mol.